The van der Waals surface area contributed by atoms with Gasteiger partial charge in [-0.25, -0.2) is 8.42 Å². The molecule has 1 atom stereocenters. The molecule has 1 N–H and O–H groups in total. The SMILES string of the molecule is COc1ccc(S(=O)(=O)N(CC(=O)N(Cc2c(Cl)cccc2Cl)[C@H](C)C(=O)NC2CCCCC2)c2ccccc2OC)cc1. The summed E-state index contributed by atoms with van der Waals surface area (Å²) in [6.45, 7) is 0.878. The molecule has 0 radical (unpaired) electrons. The quantitative estimate of drug-likeness (QED) is 0.253. The van der Waals surface area contributed by atoms with Crippen LogP contribution in [-0.2, 0) is 26.2 Å². The van der Waals surface area contributed by atoms with Gasteiger partial charge in [0, 0.05) is 28.2 Å². The average molecular weight is 663 g/mol. The third-order valence-corrected chi connectivity index (χ3v) is 10.3. The van der Waals surface area contributed by atoms with Crippen LogP contribution in [0.2, 0.25) is 10.0 Å². The molecule has 236 valence electrons. The Balaban J connectivity index is 1.74. The molecule has 0 bridgehead atoms. The predicted octanol–water partition coefficient (Wildman–Crippen LogP) is 6.07. The van der Waals surface area contributed by atoms with E-state index in [0.717, 1.165) is 36.4 Å². The molecule has 3 aromatic rings. The van der Waals surface area contributed by atoms with E-state index in [0.29, 0.717) is 21.4 Å². The van der Waals surface area contributed by atoms with Crippen LogP contribution in [0.25, 0.3) is 0 Å². The number of methoxy groups -OCH3 is 2. The predicted molar refractivity (Wildman–Crippen MR) is 172 cm³/mol. The standard InChI is InChI=1S/C32H37Cl2N3O6S/c1-22(32(39)35-23-10-5-4-6-11-23)36(20-26-27(33)12-9-13-28(26)34)31(38)21-37(29-14-7-8-15-30(29)43-3)44(40,41)25-18-16-24(42-2)17-19-25/h7-9,12-19,22-23H,4-6,10-11,20-21H2,1-3H3,(H,35,39)/t22-/m1/s1. The first-order valence-corrected chi connectivity index (χ1v) is 16.6. The van der Waals surface area contributed by atoms with Gasteiger partial charge in [0.25, 0.3) is 10.0 Å². The van der Waals surface area contributed by atoms with Crippen LogP contribution in [0.4, 0.5) is 5.69 Å². The minimum Gasteiger partial charge on any atom is -0.497 e. The monoisotopic (exact) mass is 661 g/mol. The molecule has 12 heteroatoms. The maximum absolute atomic E-state index is 14.3. The molecule has 2 amide bonds. The number of halogens is 2. The van der Waals surface area contributed by atoms with Gasteiger partial charge in [-0.2, -0.15) is 0 Å². The first-order valence-electron chi connectivity index (χ1n) is 14.4. The zero-order valence-electron chi connectivity index (χ0n) is 25.0. The van der Waals surface area contributed by atoms with Crippen LogP contribution in [0.3, 0.4) is 0 Å². The molecule has 0 saturated heterocycles. The summed E-state index contributed by atoms with van der Waals surface area (Å²) in [5, 5.41) is 3.72. The van der Waals surface area contributed by atoms with E-state index in [1.165, 1.54) is 43.4 Å². The topological polar surface area (TPSA) is 105 Å². The number of carbonyl (C=O) groups excluding carboxylic acids is 2. The van der Waals surface area contributed by atoms with Crippen molar-refractivity contribution in [2.75, 3.05) is 25.1 Å². The van der Waals surface area contributed by atoms with Crippen molar-refractivity contribution in [3.05, 3.63) is 82.3 Å². The molecule has 1 saturated carbocycles. The summed E-state index contributed by atoms with van der Waals surface area (Å²) in [4.78, 5) is 29.0. The van der Waals surface area contributed by atoms with E-state index >= 15 is 0 Å². The summed E-state index contributed by atoms with van der Waals surface area (Å²) in [5.74, 6) is -0.240. The van der Waals surface area contributed by atoms with Crippen molar-refractivity contribution >= 4 is 50.7 Å². The molecule has 0 spiro atoms. The lowest BCUT2D eigenvalue weighted by atomic mass is 9.95. The van der Waals surface area contributed by atoms with Gasteiger partial charge >= 0.3 is 0 Å². The smallest absolute Gasteiger partial charge is 0.264 e. The van der Waals surface area contributed by atoms with Gasteiger partial charge in [-0.15, -0.1) is 0 Å². The van der Waals surface area contributed by atoms with E-state index in [1.54, 1.807) is 49.4 Å². The summed E-state index contributed by atoms with van der Waals surface area (Å²) >= 11 is 13.0. The van der Waals surface area contributed by atoms with Gasteiger partial charge in [0.2, 0.25) is 11.8 Å². The number of carbonyl (C=O) groups is 2. The van der Waals surface area contributed by atoms with Crippen molar-refractivity contribution < 1.29 is 27.5 Å². The molecule has 1 aliphatic rings. The zero-order valence-corrected chi connectivity index (χ0v) is 27.3. The molecule has 3 aromatic carbocycles. The maximum Gasteiger partial charge on any atom is 0.264 e. The van der Waals surface area contributed by atoms with Crippen LogP contribution in [0.15, 0.2) is 71.6 Å². The number of hydrogen-bond acceptors (Lipinski definition) is 6. The second-order valence-electron chi connectivity index (χ2n) is 10.6. The molecule has 4 rings (SSSR count). The molecular formula is C32H37Cl2N3O6S. The third-order valence-electron chi connectivity index (χ3n) is 7.79. The zero-order chi connectivity index (χ0) is 31.9. The third kappa shape index (κ3) is 7.78. The van der Waals surface area contributed by atoms with E-state index in [4.69, 9.17) is 32.7 Å². The van der Waals surface area contributed by atoms with Crippen LogP contribution in [-0.4, -0.2) is 58.0 Å². The first kappa shape index (κ1) is 33.4. The molecule has 1 fully saturated rings. The number of para-hydroxylation sites is 2. The summed E-state index contributed by atoms with van der Waals surface area (Å²) in [5.41, 5.74) is 0.609. The fourth-order valence-corrected chi connectivity index (χ4v) is 7.17. The van der Waals surface area contributed by atoms with E-state index in [1.807, 2.05) is 0 Å². The molecule has 0 aromatic heterocycles. The Morgan fingerprint density at radius 2 is 1.55 bits per heavy atom. The van der Waals surface area contributed by atoms with E-state index in [-0.39, 0.29) is 34.8 Å². The van der Waals surface area contributed by atoms with Gasteiger partial charge in [0.05, 0.1) is 24.8 Å². The molecule has 1 aliphatic carbocycles. The van der Waals surface area contributed by atoms with Crippen molar-refractivity contribution in [3.63, 3.8) is 0 Å². The van der Waals surface area contributed by atoms with Gasteiger partial charge in [0.1, 0.15) is 24.1 Å². The number of amides is 2. The van der Waals surface area contributed by atoms with Crippen LogP contribution in [0.1, 0.15) is 44.6 Å². The van der Waals surface area contributed by atoms with Gasteiger partial charge in [-0.05, 0) is 68.3 Å². The largest absolute Gasteiger partial charge is 0.497 e. The Kier molecular flexibility index (Phi) is 11.4. The van der Waals surface area contributed by atoms with Gasteiger partial charge in [-0.3, -0.25) is 13.9 Å². The highest BCUT2D eigenvalue weighted by molar-refractivity contribution is 7.92. The van der Waals surface area contributed by atoms with Crippen molar-refractivity contribution in [1.29, 1.82) is 0 Å². The normalized spacial score (nSPS) is 14.4. The highest BCUT2D eigenvalue weighted by Gasteiger charge is 2.35. The number of sulfonamides is 1. The summed E-state index contributed by atoms with van der Waals surface area (Å²) in [6.07, 6.45) is 4.90. The lowest BCUT2D eigenvalue weighted by molar-refractivity contribution is -0.139. The minimum absolute atomic E-state index is 0.0140. The summed E-state index contributed by atoms with van der Waals surface area (Å²) in [7, 11) is -1.40. The molecule has 9 nitrogen and oxygen atoms in total. The Labute approximate surface area is 269 Å². The van der Waals surface area contributed by atoms with Crippen molar-refractivity contribution in [3.8, 4) is 11.5 Å². The molecule has 0 heterocycles. The highest BCUT2D eigenvalue weighted by Crippen LogP contribution is 2.33. The van der Waals surface area contributed by atoms with Crippen LogP contribution < -0.4 is 19.1 Å². The number of nitrogens with zero attached hydrogens (tertiary/aromatic N) is 2. The Morgan fingerprint density at radius 3 is 2.16 bits per heavy atom. The molecular weight excluding hydrogens is 625 g/mol. The van der Waals surface area contributed by atoms with Crippen LogP contribution >= 0.6 is 23.2 Å². The minimum atomic E-state index is -4.30. The lowest BCUT2D eigenvalue weighted by Gasteiger charge is -2.33. The number of nitrogens with one attached hydrogen (secondary N) is 1. The number of benzene rings is 3. The van der Waals surface area contributed by atoms with Crippen LogP contribution in [0, 0.1) is 0 Å². The Hall–Kier alpha value is -3.47. The van der Waals surface area contributed by atoms with Crippen molar-refractivity contribution in [2.45, 2.75) is 62.6 Å². The number of anilines is 1. The second kappa shape index (κ2) is 15.0. The molecule has 0 aliphatic heterocycles. The first-order chi connectivity index (χ1) is 21.1. The van der Waals surface area contributed by atoms with E-state index in [9.17, 15) is 18.0 Å². The Morgan fingerprint density at radius 1 is 0.909 bits per heavy atom. The summed E-state index contributed by atoms with van der Waals surface area (Å²) in [6, 6.07) is 16.4. The summed E-state index contributed by atoms with van der Waals surface area (Å²) < 4.78 is 39.9. The fourth-order valence-electron chi connectivity index (χ4n) is 5.23. The van der Waals surface area contributed by atoms with Gasteiger partial charge < -0.3 is 19.7 Å². The van der Waals surface area contributed by atoms with Gasteiger partial charge in [-0.1, -0.05) is 60.7 Å². The van der Waals surface area contributed by atoms with Crippen LogP contribution in [0.5, 0.6) is 11.5 Å². The van der Waals surface area contributed by atoms with Crippen molar-refractivity contribution in [1.82, 2.24) is 10.2 Å². The molecule has 44 heavy (non-hydrogen) atoms. The average Bonchev–Trinajstić information content (AvgIpc) is 3.03. The maximum atomic E-state index is 14.3. The van der Waals surface area contributed by atoms with E-state index < -0.39 is 28.5 Å². The van der Waals surface area contributed by atoms with E-state index in [2.05, 4.69) is 5.32 Å². The molecule has 0 unspecified atom stereocenters. The number of hydrogen-bond donors (Lipinski definition) is 1. The Bertz CT molecular complexity index is 1540. The highest BCUT2D eigenvalue weighted by atomic mass is 35.5. The number of ether oxygens (including phenoxy) is 2. The number of rotatable bonds is 12. The lowest BCUT2D eigenvalue weighted by Crippen LogP contribution is -2.53. The van der Waals surface area contributed by atoms with Crippen molar-refractivity contribution in [2.24, 2.45) is 0 Å². The fraction of sp³-hybridized carbons (Fsp3) is 0.375. The second-order valence-corrected chi connectivity index (χ2v) is 13.3. The van der Waals surface area contributed by atoms with Gasteiger partial charge in [0.15, 0.2) is 0 Å².